The van der Waals surface area contributed by atoms with Crippen molar-refractivity contribution in [1.82, 2.24) is 4.98 Å². The molecule has 0 saturated heterocycles. The largest absolute Gasteiger partial charge is 0.353 e. The summed E-state index contributed by atoms with van der Waals surface area (Å²) in [6, 6.07) is 9.80. The highest BCUT2D eigenvalue weighted by Crippen LogP contribution is 2.21. The number of rotatable bonds is 5. The zero-order valence-corrected chi connectivity index (χ0v) is 14.3. The Balaban J connectivity index is 1.87. The number of thiophene rings is 1. The predicted molar refractivity (Wildman–Crippen MR) is 97.8 cm³/mol. The van der Waals surface area contributed by atoms with Gasteiger partial charge in [-0.15, -0.1) is 11.3 Å². The molecule has 0 bridgehead atoms. The second kappa shape index (κ2) is 6.38. The smallest absolute Gasteiger partial charge is 0.162 e. The van der Waals surface area contributed by atoms with Crippen LogP contribution in [-0.4, -0.2) is 16.5 Å². The van der Waals surface area contributed by atoms with E-state index < -0.39 is 0 Å². The van der Waals surface area contributed by atoms with E-state index in [-0.39, 0.29) is 5.78 Å². The van der Waals surface area contributed by atoms with Gasteiger partial charge in [-0.1, -0.05) is 6.92 Å². The van der Waals surface area contributed by atoms with E-state index in [0.29, 0.717) is 6.42 Å². The second-order valence-corrected chi connectivity index (χ2v) is 6.58. The minimum absolute atomic E-state index is 0.162. The Hall–Kier alpha value is -2.40. The molecule has 0 aliphatic rings. The van der Waals surface area contributed by atoms with Crippen LogP contribution < -0.4 is 5.43 Å². The normalized spacial score (nSPS) is 11.9. The number of fused-ring (bicyclic) bond motifs is 1. The van der Waals surface area contributed by atoms with Crippen molar-refractivity contribution in [2.75, 3.05) is 5.43 Å². The maximum absolute atomic E-state index is 11.8. The average Bonchev–Trinajstić information content (AvgIpc) is 3.17. The number of nitrogens with one attached hydrogen (secondary N) is 2. The van der Waals surface area contributed by atoms with E-state index in [0.717, 1.165) is 33.6 Å². The molecule has 1 aromatic carbocycles. The summed E-state index contributed by atoms with van der Waals surface area (Å²) in [6.07, 6.45) is 0.521. The number of hydrogen-bond acceptors (Lipinski definition) is 4. The molecule has 3 aromatic rings. The monoisotopic (exact) mass is 325 g/mol. The molecule has 0 radical (unpaired) electrons. The zero-order valence-electron chi connectivity index (χ0n) is 13.4. The summed E-state index contributed by atoms with van der Waals surface area (Å²) in [5, 5.41) is 7.51. The number of nitrogens with zero attached hydrogens (tertiary/aromatic N) is 1. The molecule has 2 aromatic heterocycles. The third kappa shape index (κ3) is 3.19. The highest BCUT2D eigenvalue weighted by atomic mass is 32.1. The van der Waals surface area contributed by atoms with Crippen molar-refractivity contribution in [3.63, 3.8) is 0 Å². The number of benzene rings is 1. The van der Waals surface area contributed by atoms with Crippen molar-refractivity contribution >= 4 is 39.4 Å². The maximum atomic E-state index is 11.8. The summed E-state index contributed by atoms with van der Waals surface area (Å²) in [4.78, 5) is 16.4. The number of aryl methyl sites for hydroxylation is 1. The van der Waals surface area contributed by atoms with Crippen LogP contribution in [0.15, 0.2) is 40.8 Å². The number of aromatic amines is 1. The molecule has 2 heterocycles. The van der Waals surface area contributed by atoms with Crippen LogP contribution in [0.3, 0.4) is 0 Å². The lowest BCUT2D eigenvalue weighted by molar-refractivity contribution is 0.0988. The molecular weight excluding hydrogens is 306 g/mol. The highest BCUT2D eigenvalue weighted by molar-refractivity contribution is 7.10. The standard InChI is InChI=1S/C18H19N3OS/c1-4-18(22)13-5-6-16-14(9-13)10-17(19-16)11(2)20-21-15-7-8-23-12(15)3/h5-10,19,21H,4H2,1-3H3/b20-11+. The molecule has 0 amide bonds. The van der Waals surface area contributed by atoms with Gasteiger partial charge in [-0.05, 0) is 49.6 Å². The Labute approximate surface area is 139 Å². The van der Waals surface area contributed by atoms with Gasteiger partial charge in [-0.25, -0.2) is 0 Å². The van der Waals surface area contributed by atoms with Crippen LogP contribution in [0.25, 0.3) is 10.9 Å². The summed E-state index contributed by atoms with van der Waals surface area (Å²) in [6.45, 7) is 5.90. The average molecular weight is 325 g/mol. The van der Waals surface area contributed by atoms with Gasteiger partial charge in [0.2, 0.25) is 0 Å². The molecule has 23 heavy (non-hydrogen) atoms. The molecule has 0 spiro atoms. The van der Waals surface area contributed by atoms with Crippen LogP contribution in [0, 0.1) is 6.92 Å². The van der Waals surface area contributed by atoms with Crippen LogP contribution in [0.2, 0.25) is 0 Å². The molecule has 0 aliphatic carbocycles. The van der Waals surface area contributed by atoms with Crippen molar-refractivity contribution in [3.8, 4) is 0 Å². The predicted octanol–water partition coefficient (Wildman–Crippen LogP) is 4.97. The number of Topliss-reactive ketones (excluding diaryl/α,β-unsaturated/α-hetero) is 1. The molecule has 2 N–H and O–H groups in total. The second-order valence-electron chi connectivity index (χ2n) is 5.46. The van der Waals surface area contributed by atoms with Crippen LogP contribution in [-0.2, 0) is 0 Å². The minimum Gasteiger partial charge on any atom is -0.353 e. The summed E-state index contributed by atoms with van der Waals surface area (Å²) in [5.41, 5.74) is 7.71. The first kappa shape index (κ1) is 15.5. The number of H-pyrrole nitrogens is 1. The van der Waals surface area contributed by atoms with Gasteiger partial charge in [0.25, 0.3) is 0 Å². The molecule has 0 saturated carbocycles. The Morgan fingerprint density at radius 3 is 2.83 bits per heavy atom. The van der Waals surface area contributed by atoms with Gasteiger partial charge in [0, 0.05) is 27.8 Å². The zero-order chi connectivity index (χ0) is 16.4. The van der Waals surface area contributed by atoms with E-state index in [4.69, 9.17) is 0 Å². The molecule has 0 atom stereocenters. The van der Waals surface area contributed by atoms with Crippen molar-refractivity contribution in [1.29, 1.82) is 0 Å². The van der Waals surface area contributed by atoms with Gasteiger partial charge >= 0.3 is 0 Å². The molecule has 3 rings (SSSR count). The summed E-state index contributed by atoms with van der Waals surface area (Å²) in [5.74, 6) is 0.162. The van der Waals surface area contributed by atoms with E-state index >= 15 is 0 Å². The van der Waals surface area contributed by atoms with Crippen LogP contribution in [0.5, 0.6) is 0 Å². The quantitative estimate of drug-likeness (QED) is 0.395. The van der Waals surface area contributed by atoms with Crippen LogP contribution in [0.1, 0.15) is 41.2 Å². The third-order valence-corrected chi connectivity index (χ3v) is 4.70. The number of aromatic nitrogens is 1. The fourth-order valence-corrected chi connectivity index (χ4v) is 3.06. The van der Waals surface area contributed by atoms with Crippen LogP contribution >= 0.6 is 11.3 Å². The number of hydrogen-bond donors (Lipinski definition) is 2. The summed E-state index contributed by atoms with van der Waals surface area (Å²) < 4.78 is 0. The number of anilines is 1. The summed E-state index contributed by atoms with van der Waals surface area (Å²) >= 11 is 1.69. The fourth-order valence-electron chi connectivity index (χ4n) is 2.41. The fraction of sp³-hybridized carbons (Fsp3) is 0.222. The van der Waals surface area contributed by atoms with E-state index in [1.807, 2.05) is 49.6 Å². The third-order valence-electron chi connectivity index (χ3n) is 3.86. The molecule has 118 valence electrons. The van der Waals surface area contributed by atoms with E-state index in [9.17, 15) is 4.79 Å². The number of hydrazone groups is 1. The number of carbonyl (C=O) groups excluding carboxylic acids is 1. The van der Waals surface area contributed by atoms with Crippen LogP contribution in [0.4, 0.5) is 5.69 Å². The SMILES string of the molecule is CCC(=O)c1ccc2[nH]c(/C(C)=N/Nc3ccsc3C)cc2c1. The lowest BCUT2D eigenvalue weighted by Gasteiger charge is -2.00. The Morgan fingerprint density at radius 2 is 2.13 bits per heavy atom. The number of ketones is 1. The number of carbonyl (C=O) groups is 1. The van der Waals surface area contributed by atoms with Gasteiger partial charge in [-0.3, -0.25) is 10.2 Å². The maximum Gasteiger partial charge on any atom is 0.162 e. The summed E-state index contributed by atoms with van der Waals surface area (Å²) in [7, 11) is 0. The van der Waals surface area contributed by atoms with Gasteiger partial charge in [0.1, 0.15) is 0 Å². The highest BCUT2D eigenvalue weighted by Gasteiger charge is 2.08. The Kier molecular flexibility index (Phi) is 4.30. The van der Waals surface area contributed by atoms with Gasteiger partial charge < -0.3 is 4.98 Å². The Bertz CT molecular complexity index is 889. The minimum atomic E-state index is 0.162. The molecule has 0 fully saturated rings. The van der Waals surface area contributed by atoms with Crippen molar-refractivity contribution in [2.45, 2.75) is 27.2 Å². The van der Waals surface area contributed by atoms with Crippen molar-refractivity contribution in [2.24, 2.45) is 5.10 Å². The Morgan fingerprint density at radius 1 is 1.30 bits per heavy atom. The van der Waals surface area contributed by atoms with E-state index in [1.165, 1.54) is 4.88 Å². The van der Waals surface area contributed by atoms with Gasteiger partial charge in [-0.2, -0.15) is 5.10 Å². The van der Waals surface area contributed by atoms with Gasteiger partial charge in [0.05, 0.1) is 17.1 Å². The first-order valence-corrected chi connectivity index (χ1v) is 8.47. The topological polar surface area (TPSA) is 57.2 Å². The first-order valence-electron chi connectivity index (χ1n) is 7.59. The lowest BCUT2D eigenvalue weighted by atomic mass is 10.1. The lowest BCUT2D eigenvalue weighted by Crippen LogP contribution is -1.99. The van der Waals surface area contributed by atoms with E-state index in [2.05, 4.69) is 22.4 Å². The van der Waals surface area contributed by atoms with E-state index in [1.54, 1.807) is 11.3 Å². The molecular formula is C18H19N3OS. The van der Waals surface area contributed by atoms with Crippen molar-refractivity contribution < 1.29 is 4.79 Å². The first-order chi connectivity index (χ1) is 11.1. The molecule has 0 unspecified atom stereocenters. The molecule has 4 nitrogen and oxygen atoms in total. The van der Waals surface area contributed by atoms with Gasteiger partial charge in [0.15, 0.2) is 5.78 Å². The van der Waals surface area contributed by atoms with Crippen molar-refractivity contribution in [3.05, 3.63) is 51.8 Å². The molecule has 0 aliphatic heterocycles. The molecule has 5 heteroatoms.